The lowest BCUT2D eigenvalue weighted by atomic mass is 10.0. The van der Waals surface area contributed by atoms with Crippen molar-refractivity contribution in [1.82, 2.24) is 14.6 Å². The van der Waals surface area contributed by atoms with Crippen molar-refractivity contribution in [3.8, 4) is 17.0 Å². The summed E-state index contributed by atoms with van der Waals surface area (Å²) in [5, 5.41) is 4.26. The highest BCUT2D eigenvalue weighted by molar-refractivity contribution is 6.04. The number of benzene rings is 3. The molecule has 3 aromatic carbocycles. The van der Waals surface area contributed by atoms with E-state index in [1.54, 1.807) is 45.2 Å². The summed E-state index contributed by atoms with van der Waals surface area (Å²) < 4.78 is 12.6. The van der Waals surface area contributed by atoms with Gasteiger partial charge in [0, 0.05) is 28.9 Å². The molecule has 2 N–H and O–H groups in total. The zero-order valence-electron chi connectivity index (χ0n) is 24.9. The summed E-state index contributed by atoms with van der Waals surface area (Å²) in [6.45, 7) is 3.83. The highest BCUT2D eigenvalue weighted by atomic mass is 16.5. The normalized spacial score (nSPS) is 10.9. The molecule has 2 aromatic heterocycles. The van der Waals surface area contributed by atoms with Crippen LogP contribution < -0.4 is 10.5 Å². The third-order valence-corrected chi connectivity index (χ3v) is 7.72. The number of rotatable bonds is 12. The fourth-order valence-electron chi connectivity index (χ4n) is 5.26. The Morgan fingerprint density at radius 1 is 0.932 bits per heavy atom. The van der Waals surface area contributed by atoms with Gasteiger partial charge in [0.15, 0.2) is 5.78 Å². The first-order valence-corrected chi connectivity index (χ1v) is 14.3. The molecule has 224 valence electrons. The van der Waals surface area contributed by atoms with Crippen molar-refractivity contribution in [2.45, 2.75) is 33.4 Å². The molecule has 2 amide bonds. The largest absolute Gasteiger partial charge is 0.497 e. The molecular formula is C35H34N4O5. The summed E-state index contributed by atoms with van der Waals surface area (Å²) in [5.74, 6) is -0.146. The molecule has 0 atom stereocenters. The Labute approximate surface area is 255 Å². The maximum Gasteiger partial charge on any atom is 0.254 e. The van der Waals surface area contributed by atoms with Crippen molar-refractivity contribution in [2.75, 3.05) is 13.7 Å². The van der Waals surface area contributed by atoms with E-state index in [2.05, 4.69) is 5.16 Å². The van der Waals surface area contributed by atoms with Crippen LogP contribution in [-0.2, 0) is 19.5 Å². The van der Waals surface area contributed by atoms with E-state index < -0.39 is 5.91 Å². The van der Waals surface area contributed by atoms with Gasteiger partial charge in [0.05, 0.1) is 31.5 Å². The topological polar surface area (TPSA) is 121 Å². The molecule has 5 aromatic rings. The first kappa shape index (κ1) is 30.0. The molecule has 2 heterocycles. The van der Waals surface area contributed by atoms with Gasteiger partial charge >= 0.3 is 0 Å². The van der Waals surface area contributed by atoms with Crippen molar-refractivity contribution >= 4 is 17.6 Å². The molecule has 0 unspecified atom stereocenters. The van der Waals surface area contributed by atoms with Crippen LogP contribution >= 0.6 is 0 Å². The number of nitrogens with two attached hydrogens (primary N) is 1. The molecule has 0 radical (unpaired) electrons. The maximum atomic E-state index is 14.1. The predicted molar refractivity (Wildman–Crippen MR) is 167 cm³/mol. The Morgan fingerprint density at radius 2 is 1.59 bits per heavy atom. The minimum Gasteiger partial charge on any atom is -0.497 e. The van der Waals surface area contributed by atoms with Gasteiger partial charge in [0.1, 0.15) is 17.2 Å². The van der Waals surface area contributed by atoms with Gasteiger partial charge in [0.2, 0.25) is 0 Å². The highest BCUT2D eigenvalue weighted by Crippen LogP contribution is 2.28. The summed E-state index contributed by atoms with van der Waals surface area (Å²) in [7, 11) is 1.55. The first-order valence-electron chi connectivity index (χ1n) is 14.3. The van der Waals surface area contributed by atoms with Gasteiger partial charge in [-0.3, -0.25) is 14.4 Å². The lowest BCUT2D eigenvalue weighted by molar-refractivity contribution is 0.0694. The molecule has 9 nitrogen and oxygen atoms in total. The zero-order valence-corrected chi connectivity index (χ0v) is 24.9. The number of methoxy groups -OCH3 is 1. The zero-order chi connectivity index (χ0) is 31.2. The van der Waals surface area contributed by atoms with E-state index in [1.807, 2.05) is 65.2 Å². The molecule has 0 aliphatic rings. The third-order valence-electron chi connectivity index (χ3n) is 7.72. The van der Waals surface area contributed by atoms with Crippen LogP contribution in [0.4, 0.5) is 0 Å². The van der Waals surface area contributed by atoms with Gasteiger partial charge in [-0.15, -0.1) is 0 Å². The number of primary amides is 1. The molecule has 9 heteroatoms. The van der Waals surface area contributed by atoms with Gasteiger partial charge < -0.3 is 24.5 Å². The van der Waals surface area contributed by atoms with Crippen LogP contribution in [-0.4, -0.2) is 45.9 Å². The molecule has 0 bridgehead atoms. The number of carbonyl (C=O) groups is 3. The minimum absolute atomic E-state index is 0.0720. The number of amides is 2. The fraction of sp³-hybridized carbons (Fsp3) is 0.200. The molecule has 0 saturated heterocycles. The van der Waals surface area contributed by atoms with Crippen molar-refractivity contribution in [3.05, 3.63) is 130 Å². The summed E-state index contributed by atoms with van der Waals surface area (Å²) in [4.78, 5) is 41.8. The average molecular weight is 591 g/mol. The maximum absolute atomic E-state index is 14.1. The van der Waals surface area contributed by atoms with Gasteiger partial charge in [-0.2, -0.15) is 0 Å². The molecule has 0 spiro atoms. The lowest BCUT2D eigenvalue weighted by Gasteiger charge is -2.23. The van der Waals surface area contributed by atoms with Gasteiger partial charge in [-0.1, -0.05) is 65.8 Å². The van der Waals surface area contributed by atoms with E-state index in [1.165, 1.54) is 11.0 Å². The summed E-state index contributed by atoms with van der Waals surface area (Å²) in [5.41, 5.74) is 10.5. The molecule has 0 aliphatic heterocycles. The Hall–Kier alpha value is -5.44. The number of ketones is 1. The van der Waals surface area contributed by atoms with Gasteiger partial charge in [0.25, 0.3) is 11.8 Å². The molecule has 0 aliphatic carbocycles. The number of Topliss-reactive ketones (excluding diaryl/α,β-unsaturated/α-hetero) is 1. The smallest absolute Gasteiger partial charge is 0.254 e. The number of hydrogen-bond donors (Lipinski definition) is 1. The third kappa shape index (κ3) is 6.47. The van der Waals surface area contributed by atoms with Crippen LogP contribution in [0.25, 0.3) is 11.3 Å². The van der Waals surface area contributed by atoms with Gasteiger partial charge in [-0.05, 0) is 56.2 Å². The van der Waals surface area contributed by atoms with Crippen molar-refractivity contribution in [3.63, 3.8) is 0 Å². The molecular weight excluding hydrogens is 556 g/mol. The number of aryl methyl sites for hydroxylation is 2. The SMILES string of the molecule is COc1ccc(C(=O)N(CC(=O)c2cc(C(N)=O)c(C)n2CCc2ccccc2)Cc2c(-c3ccccc3)noc2C)cc1. The van der Waals surface area contributed by atoms with Crippen LogP contribution in [0.3, 0.4) is 0 Å². The number of nitrogens with zero attached hydrogens (tertiary/aromatic N) is 3. The van der Waals surface area contributed by atoms with E-state index >= 15 is 0 Å². The van der Waals surface area contributed by atoms with Crippen molar-refractivity contribution in [1.29, 1.82) is 0 Å². The van der Waals surface area contributed by atoms with E-state index in [0.717, 1.165) is 11.1 Å². The standard InChI is InChI=1S/C35H34N4O5/c1-23-29(34(36)41)20-31(39(23)19-18-25-10-6-4-7-11-25)32(40)22-38(35(42)27-14-16-28(43-3)17-15-27)21-30-24(2)44-37-33(30)26-12-8-5-9-13-26/h4-17,20H,18-19,21-22H2,1-3H3,(H2,36,41). The molecule has 0 saturated carbocycles. The average Bonchev–Trinajstić information content (AvgIpc) is 3.59. The predicted octanol–water partition coefficient (Wildman–Crippen LogP) is 5.64. The number of carbonyl (C=O) groups excluding carboxylic acids is 3. The van der Waals surface area contributed by atoms with Crippen LogP contribution in [0.5, 0.6) is 5.75 Å². The minimum atomic E-state index is -0.617. The Bertz CT molecular complexity index is 1770. The van der Waals surface area contributed by atoms with Crippen molar-refractivity contribution < 1.29 is 23.6 Å². The van der Waals surface area contributed by atoms with E-state index in [-0.39, 0.29) is 30.3 Å². The van der Waals surface area contributed by atoms with Crippen LogP contribution in [0, 0.1) is 13.8 Å². The Balaban J connectivity index is 1.50. The quantitative estimate of drug-likeness (QED) is 0.188. The van der Waals surface area contributed by atoms with E-state index in [9.17, 15) is 14.4 Å². The van der Waals surface area contributed by atoms with Crippen LogP contribution in [0.2, 0.25) is 0 Å². The lowest BCUT2D eigenvalue weighted by Crippen LogP contribution is -2.36. The fourth-order valence-corrected chi connectivity index (χ4v) is 5.26. The second-order valence-electron chi connectivity index (χ2n) is 10.5. The Kier molecular flexibility index (Phi) is 9.04. The number of aromatic nitrogens is 2. The van der Waals surface area contributed by atoms with Crippen molar-refractivity contribution in [2.24, 2.45) is 5.73 Å². The molecule has 5 rings (SSSR count). The molecule has 0 fully saturated rings. The number of ether oxygens (including phenoxy) is 1. The van der Waals surface area contributed by atoms with Crippen LogP contribution in [0.1, 0.15) is 53.8 Å². The highest BCUT2D eigenvalue weighted by Gasteiger charge is 2.27. The summed E-state index contributed by atoms with van der Waals surface area (Å²) in [6, 6.07) is 27.7. The summed E-state index contributed by atoms with van der Waals surface area (Å²) in [6.07, 6.45) is 0.643. The molecule has 44 heavy (non-hydrogen) atoms. The Morgan fingerprint density at radius 3 is 2.23 bits per heavy atom. The van der Waals surface area contributed by atoms with Gasteiger partial charge in [-0.25, -0.2) is 0 Å². The number of hydrogen-bond acceptors (Lipinski definition) is 6. The van der Waals surface area contributed by atoms with E-state index in [0.29, 0.717) is 52.7 Å². The second-order valence-corrected chi connectivity index (χ2v) is 10.5. The summed E-state index contributed by atoms with van der Waals surface area (Å²) >= 11 is 0. The van der Waals surface area contributed by atoms with Crippen LogP contribution in [0.15, 0.2) is 95.5 Å². The first-order chi connectivity index (χ1) is 21.3. The monoisotopic (exact) mass is 590 g/mol. The van der Waals surface area contributed by atoms with E-state index in [4.69, 9.17) is 15.0 Å². The second kappa shape index (κ2) is 13.2.